The Hall–Kier alpha value is -5.06. The Morgan fingerprint density at radius 3 is 2.43 bits per heavy atom. The lowest BCUT2D eigenvalue weighted by Gasteiger charge is -2.63. The van der Waals surface area contributed by atoms with E-state index in [1.165, 1.54) is 11.0 Å². The molecule has 1 saturated carbocycles. The van der Waals surface area contributed by atoms with Crippen LogP contribution in [0.25, 0.3) is 0 Å². The van der Waals surface area contributed by atoms with Crippen LogP contribution in [0.2, 0.25) is 5.02 Å². The topological polar surface area (TPSA) is 148 Å². The van der Waals surface area contributed by atoms with E-state index in [0.717, 1.165) is 57.4 Å². The molecule has 3 aromatic rings. The van der Waals surface area contributed by atoms with Gasteiger partial charge in [0.25, 0.3) is 11.8 Å². The van der Waals surface area contributed by atoms with Crippen LogP contribution in [0.4, 0.5) is 10.1 Å². The summed E-state index contributed by atoms with van der Waals surface area (Å²) < 4.78 is 21.7. The molecule has 2 N–H and O–H groups in total. The summed E-state index contributed by atoms with van der Waals surface area (Å²) in [5, 5.41) is 15.1. The van der Waals surface area contributed by atoms with E-state index in [-0.39, 0.29) is 65.9 Å². The fourth-order valence-corrected chi connectivity index (χ4v) is 9.75. The van der Waals surface area contributed by atoms with Gasteiger partial charge in [-0.25, -0.2) is 4.39 Å². The quantitative estimate of drug-likeness (QED) is 0.156. The maximum atomic E-state index is 15.3. The lowest BCUT2D eigenvalue weighted by Crippen LogP contribution is -2.74. The van der Waals surface area contributed by atoms with Crippen LogP contribution in [0.3, 0.4) is 0 Å². The predicted octanol–water partition coefficient (Wildman–Crippen LogP) is 6.04. The van der Waals surface area contributed by atoms with E-state index in [1.54, 1.807) is 30.5 Å². The average molecular weight is 812 g/mol. The summed E-state index contributed by atoms with van der Waals surface area (Å²) in [4.78, 5) is 61.0. The van der Waals surface area contributed by atoms with Crippen molar-refractivity contribution in [2.45, 2.75) is 97.4 Å². The Balaban J connectivity index is 0.802. The number of hydrogen-bond donors (Lipinski definition) is 2. The molecule has 4 amide bonds. The van der Waals surface area contributed by atoms with Crippen LogP contribution in [-0.2, 0) is 22.6 Å². The second-order valence-corrected chi connectivity index (χ2v) is 17.6. The van der Waals surface area contributed by atoms with Crippen molar-refractivity contribution in [1.29, 1.82) is 5.26 Å². The molecule has 2 saturated heterocycles. The van der Waals surface area contributed by atoms with Gasteiger partial charge in [-0.1, -0.05) is 52.1 Å². The Bertz CT molecular complexity index is 2110. The standard InChI is InChI=1S/C44H51ClFN7O5/c1-43(2)41(44(3,4)42(43)58-31-13-11-27(24-47)33(45)22-31)50-38(55)28-10-12-30(48-25-28)9-7-5-6-8-16-51-17-19-52(20-18-51)36-23-32-29(21-34(36)46)26-53(40(32)57)35-14-15-37(54)49-39(35)56/h10-13,21-23,25,35,41-42H,5-9,14-20,26H2,1-4H3,(H,50,55)(H,49,54,56)/t35?,41-,42-. The third-order valence-electron chi connectivity index (χ3n) is 12.5. The number of carbonyl (C=O) groups excluding carboxylic acids is 4. The molecule has 3 aliphatic heterocycles. The van der Waals surface area contributed by atoms with Gasteiger partial charge in [0.15, 0.2) is 0 Å². The molecule has 3 fully saturated rings. The number of benzene rings is 2. The number of nitriles is 1. The zero-order valence-electron chi connectivity index (χ0n) is 33.6. The highest BCUT2D eigenvalue weighted by Gasteiger charge is 2.64. The van der Waals surface area contributed by atoms with Crippen LogP contribution >= 0.6 is 11.6 Å². The molecule has 7 rings (SSSR count). The number of imide groups is 1. The molecule has 0 bridgehead atoms. The highest BCUT2D eigenvalue weighted by molar-refractivity contribution is 6.31. The van der Waals surface area contributed by atoms with E-state index in [2.05, 4.69) is 54.3 Å². The van der Waals surface area contributed by atoms with Gasteiger partial charge in [0.05, 0.1) is 21.8 Å². The smallest absolute Gasteiger partial charge is 0.255 e. The number of aromatic nitrogens is 1. The molecular formula is C44H51ClFN7O5. The Labute approximate surface area is 344 Å². The lowest BCUT2D eigenvalue weighted by molar-refractivity contribution is -0.164. The van der Waals surface area contributed by atoms with Crippen LogP contribution in [0.15, 0.2) is 48.7 Å². The number of carbonyl (C=O) groups is 4. The van der Waals surface area contributed by atoms with Gasteiger partial charge in [0.2, 0.25) is 11.8 Å². The van der Waals surface area contributed by atoms with Crippen LogP contribution < -0.4 is 20.3 Å². The number of halogens is 2. The van der Waals surface area contributed by atoms with E-state index < -0.39 is 11.9 Å². The number of unbranched alkanes of at least 4 members (excludes halogenated alkanes) is 3. The monoisotopic (exact) mass is 811 g/mol. The van der Waals surface area contributed by atoms with Crippen molar-refractivity contribution in [2.24, 2.45) is 10.8 Å². The fraction of sp³-hybridized carbons (Fsp3) is 0.500. The molecule has 4 aliphatic rings. The molecule has 2 aromatic carbocycles. The second kappa shape index (κ2) is 16.7. The molecule has 306 valence electrons. The number of hydrogen-bond acceptors (Lipinski definition) is 9. The minimum absolute atomic E-state index is 0.142. The number of rotatable bonds is 13. The first-order chi connectivity index (χ1) is 27.7. The normalized spacial score (nSPS) is 22.5. The fourth-order valence-electron chi connectivity index (χ4n) is 9.54. The number of aryl methyl sites for hydroxylation is 1. The van der Waals surface area contributed by atoms with Crippen LogP contribution in [-0.4, -0.2) is 89.3 Å². The first-order valence-corrected chi connectivity index (χ1v) is 20.6. The minimum Gasteiger partial charge on any atom is -0.489 e. The number of amides is 4. The van der Waals surface area contributed by atoms with Crippen molar-refractivity contribution in [1.82, 2.24) is 25.4 Å². The summed E-state index contributed by atoms with van der Waals surface area (Å²) in [7, 11) is 0. The van der Waals surface area contributed by atoms with Crippen molar-refractivity contribution < 1.29 is 28.3 Å². The minimum atomic E-state index is -0.726. The summed E-state index contributed by atoms with van der Waals surface area (Å²) in [5.41, 5.74) is 2.54. The summed E-state index contributed by atoms with van der Waals surface area (Å²) in [6.45, 7) is 12.3. The Kier molecular flexibility index (Phi) is 11.8. The third-order valence-corrected chi connectivity index (χ3v) is 12.8. The third kappa shape index (κ3) is 8.27. The highest BCUT2D eigenvalue weighted by atomic mass is 35.5. The Morgan fingerprint density at radius 1 is 1.02 bits per heavy atom. The number of fused-ring (bicyclic) bond motifs is 1. The van der Waals surface area contributed by atoms with Gasteiger partial charge < -0.3 is 19.9 Å². The van der Waals surface area contributed by atoms with Gasteiger partial charge in [-0.15, -0.1) is 0 Å². The molecule has 12 nitrogen and oxygen atoms in total. The molecule has 58 heavy (non-hydrogen) atoms. The van der Waals surface area contributed by atoms with Gasteiger partial charge >= 0.3 is 0 Å². The maximum absolute atomic E-state index is 15.3. The van der Waals surface area contributed by atoms with E-state index >= 15 is 4.39 Å². The van der Waals surface area contributed by atoms with Crippen molar-refractivity contribution in [2.75, 3.05) is 37.6 Å². The van der Waals surface area contributed by atoms with Crippen molar-refractivity contribution in [3.05, 3.63) is 87.4 Å². The number of nitrogens with one attached hydrogen (secondary N) is 2. The average Bonchev–Trinajstić information content (AvgIpc) is 3.51. The second-order valence-electron chi connectivity index (χ2n) is 17.2. The molecule has 14 heteroatoms. The van der Waals surface area contributed by atoms with Crippen molar-refractivity contribution >= 4 is 40.9 Å². The maximum Gasteiger partial charge on any atom is 0.255 e. The van der Waals surface area contributed by atoms with Gasteiger partial charge in [-0.3, -0.25) is 34.4 Å². The van der Waals surface area contributed by atoms with Gasteiger partial charge in [0.1, 0.15) is 29.8 Å². The zero-order chi connectivity index (χ0) is 41.4. The first-order valence-electron chi connectivity index (χ1n) is 20.2. The number of ether oxygens (including phenoxy) is 1. The van der Waals surface area contributed by atoms with Crippen LogP contribution in [0, 0.1) is 28.0 Å². The van der Waals surface area contributed by atoms with Crippen LogP contribution in [0.1, 0.15) is 104 Å². The van der Waals surface area contributed by atoms with E-state index in [1.807, 2.05) is 17.0 Å². The molecule has 1 atom stereocenters. The van der Waals surface area contributed by atoms with Gasteiger partial charge in [-0.2, -0.15) is 5.26 Å². The van der Waals surface area contributed by atoms with E-state index in [4.69, 9.17) is 16.3 Å². The van der Waals surface area contributed by atoms with Crippen molar-refractivity contribution in [3.63, 3.8) is 0 Å². The van der Waals surface area contributed by atoms with Crippen LogP contribution in [0.5, 0.6) is 5.75 Å². The molecule has 1 aliphatic carbocycles. The molecule has 0 spiro atoms. The number of piperazine rings is 1. The van der Waals surface area contributed by atoms with E-state index in [9.17, 15) is 24.4 Å². The summed E-state index contributed by atoms with van der Waals surface area (Å²) in [6, 6.07) is 13.1. The molecule has 1 unspecified atom stereocenters. The largest absolute Gasteiger partial charge is 0.489 e. The SMILES string of the molecule is CC1(C)[C@H](NC(=O)c2ccc(CCCCCCN3CCN(c4cc5c(cc4F)CN(C4CCC(=O)NC4=O)C5=O)CC3)nc2)C(C)(C)[C@H]1Oc1ccc(C#N)c(Cl)c1. The summed E-state index contributed by atoms with van der Waals surface area (Å²) in [5.74, 6) is -1.06. The molecule has 4 heterocycles. The molecule has 0 radical (unpaired) electrons. The van der Waals surface area contributed by atoms with Gasteiger partial charge in [0, 0.05) is 79.5 Å². The first kappa shape index (κ1) is 41.1. The summed E-state index contributed by atoms with van der Waals surface area (Å²) >= 11 is 6.23. The van der Waals surface area contributed by atoms with Gasteiger partial charge in [-0.05, 0) is 74.2 Å². The summed E-state index contributed by atoms with van der Waals surface area (Å²) in [6.07, 6.45) is 6.96. The Morgan fingerprint density at radius 2 is 1.76 bits per heavy atom. The lowest BCUT2D eigenvalue weighted by atomic mass is 9.49. The zero-order valence-corrected chi connectivity index (χ0v) is 34.3. The number of pyridine rings is 1. The molecule has 1 aromatic heterocycles. The number of nitrogens with zero attached hydrogens (tertiary/aromatic N) is 5. The van der Waals surface area contributed by atoms with E-state index in [0.29, 0.717) is 51.8 Å². The number of anilines is 1. The molecular weight excluding hydrogens is 761 g/mol. The predicted molar refractivity (Wildman–Crippen MR) is 217 cm³/mol. The number of piperidine rings is 1. The highest BCUT2D eigenvalue weighted by Crippen LogP contribution is 2.55. The van der Waals surface area contributed by atoms with Crippen molar-refractivity contribution in [3.8, 4) is 11.8 Å².